The Balaban J connectivity index is 2.05. The number of benzene rings is 1. The highest BCUT2D eigenvalue weighted by Crippen LogP contribution is 2.21. The summed E-state index contributed by atoms with van der Waals surface area (Å²) in [7, 11) is 0. The number of rotatable bonds is 6. The standard InChI is InChI=1S/C19H28FNO3/c1-12(2)6-13-7-14(9-15(20)8-13)10-16(17-11-23-17)21-18(22)24-19(3,4)5/h7-9,12,16-17H,6,10-11H2,1-5H3,(H,21,22)/t16-,17+/m0/s1. The van der Waals surface area contributed by atoms with Crippen molar-refractivity contribution in [3.8, 4) is 0 Å². The molecule has 0 aromatic heterocycles. The summed E-state index contributed by atoms with van der Waals surface area (Å²) in [6, 6.07) is 4.90. The molecule has 2 rings (SSSR count). The van der Waals surface area contributed by atoms with E-state index >= 15 is 0 Å². The van der Waals surface area contributed by atoms with Crippen LogP contribution < -0.4 is 5.32 Å². The minimum absolute atomic E-state index is 0.0330. The van der Waals surface area contributed by atoms with E-state index in [9.17, 15) is 9.18 Å². The van der Waals surface area contributed by atoms with Gasteiger partial charge in [-0.3, -0.25) is 0 Å². The smallest absolute Gasteiger partial charge is 0.407 e. The first-order valence-electron chi connectivity index (χ1n) is 8.52. The maximum atomic E-state index is 13.9. The quantitative estimate of drug-likeness (QED) is 0.802. The molecule has 0 aliphatic carbocycles. The highest BCUT2D eigenvalue weighted by Gasteiger charge is 2.35. The predicted octanol–water partition coefficient (Wildman–Crippen LogP) is 3.86. The number of hydrogen-bond acceptors (Lipinski definition) is 3. The molecule has 1 aliphatic rings. The van der Waals surface area contributed by atoms with Crippen molar-refractivity contribution in [2.75, 3.05) is 6.61 Å². The Bertz CT molecular complexity index is 576. The summed E-state index contributed by atoms with van der Waals surface area (Å²) in [4.78, 5) is 12.0. The lowest BCUT2D eigenvalue weighted by molar-refractivity contribution is 0.0495. The van der Waals surface area contributed by atoms with E-state index in [1.807, 2.05) is 26.8 Å². The van der Waals surface area contributed by atoms with E-state index in [0.717, 1.165) is 17.5 Å². The van der Waals surface area contributed by atoms with Gasteiger partial charge in [0, 0.05) is 0 Å². The molecular formula is C19H28FNO3. The third kappa shape index (κ3) is 6.48. The van der Waals surface area contributed by atoms with Gasteiger partial charge < -0.3 is 14.8 Å². The number of carbonyl (C=O) groups excluding carboxylic acids is 1. The molecule has 24 heavy (non-hydrogen) atoms. The molecular weight excluding hydrogens is 309 g/mol. The molecule has 1 heterocycles. The largest absolute Gasteiger partial charge is 0.444 e. The lowest BCUT2D eigenvalue weighted by Crippen LogP contribution is -2.43. The van der Waals surface area contributed by atoms with Gasteiger partial charge in [0.1, 0.15) is 17.5 Å². The van der Waals surface area contributed by atoms with Gasteiger partial charge in [-0.2, -0.15) is 0 Å². The van der Waals surface area contributed by atoms with E-state index in [1.54, 1.807) is 6.07 Å². The summed E-state index contributed by atoms with van der Waals surface area (Å²) in [5.41, 5.74) is 1.29. The van der Waals surface area contributed by atoms with E-state index in [1.165, 1.54) is 6.07 Å². The summed E-state index contributed by atoms with van der Waals surface area (Å²) < 4.78 is 24.5. The van der Waals surface area contributed by atoms with Crippen molar-refractivity contribution in [3.63, 3.8) is 0 Å². The summed E-state index contributed by atoms with van der Waals surface area (Å²) >= 11 is 0. The zero-order chi connectivity index (χ0) is 17.9. The first-order chi connectivity index (χ1) is 11.1. The number of amides is 1. The number of carbonyl (C=O) groups is 1. The van der Waals surface area contributed by atoms with Crippen molar-refractivity contribution in [3.05, 3.63) is 35.1 Å². The highest BCUT2D eigenvalue weighted by molar-refractivity contribution is 5.68. The van der Waals surface area contributed by atoms with Crippen LogP contribution in [-0.4, -0.2) is 30.4 Å². The Hall–Kier alpha value is -1.62. The van der Waals surface area contributed by atoms with E-state index in [2.05, 4.69) is 19.2 Å². The molecule has 5 heteroatoms. The molecule has 0 saturated carbocycles. The third-order valence-corrected chi connectivity index (χ3v) is 3.63. The van der Waals surface area contributed by atoms with Crippen molar-refractivity contribution < 1.29 is 18.7 Å². The summed E-state index contributed by atoms with van der Waals surface area (Å²) in [6.45, 7) is 10.3. The van der Waals surface area contributed by atoms with E-state index in [0.29, 0.717) is 18.9 Å². The number of halogens is 1. The lowest BCUT2D eigenvalue weighted by atomic mass is 9.97. The van der Waals surface area contributed by atoms with Crippen molar-refractivity contribution in [1.82, 2.24) is 5.32 Å². The molecule has 1 amide bonds. The summed E-state index contributed by atoms with van der Waals surface area (Å²) in [5, 5.41) is 2.86. The Labute approximate surface area is 143 Å². The van der Waals surface area contributed by atoms with Gasteiger partial charge in [0.05, 0.1) is 12.6 Å². The molecule has 1 aliphatic heterocycles. The fraction of sp³-hybridized carbons (Fsp3) is 0.632. The maximum Gasteiger partial charge on any atom is 0.407 e. The van der Waals surface area contributed by atoms with Gasteiger partial charge in [-0.05, 0) is 62.8 Å². The molecule has 0 unspecified atom stereocenters. The Morgan fingerprint density at radius 3 is 2.38 bits per heavy atom. The van der Waals surface area contributed by atoms with Crippen LogP contribution in [0.3, 0.4) is 0 Å². The number of ether oxygens (including phenoxy) is 2. The van der Waals surface area contributed by atoms with E-state index < -0.39 is 11.7 Å². The second-order valence-electron chi connectivity index (χ2n) is 7.89. The molecule has 134 valence electrons. The maximum absolute atomic E-state index is 13.9. The van der Waals surface area contributed by atoms with Gasteiger partial charge in [0.2, 0.25) is 0 Å². The minimum Gasteiger partial charge on any atom is -0.444 e. The molecule has 2 atom stereocenters. The first kappa shape index (κ1) is 18.7. The van der Waals surface area contributed by atoms with Gasteiger partial charge in [-0.25, -0.2) is 9.18 Å². The van der Waals surface area contributed by atoms with E-state index in [-0.39, 0.29) is 18.0 Å². The zero-order valence-electron chi connectivity index (χ0n) is 15.2. The molecule has 1 saturated heterocycles. The van der Waals surface area contributed by atoms with Crippen LogP contribution in [0.2, 0.25) is 0 Å². The summed E-state index contributed by atoms with van der Waals surface area (Å²) in [5.74, 6) is 0.220. The van der Waals surface area contributed by atoms with Gasteiger partial charge in [0.25, 0.3) is 0 Å². The van der Waals surface area contributed by atoms with Crippen molar-refractivity contribution in [2.24, 2.45) is 5.92 Å². The van der Waals surface area contributed by atoms with Crippen LogP contribution in [0.25, 0.3) is 0 Å². The number of alkyl carbamates (subject to hydrolysis) is 1. The number of nitrogens with one attached hydrogen (secondary N) is 1. The molecule has 1 N–H and O–H groups in total. The van der Waals surface area contributed by atoms with Crippen molar-refractivity contribution in [1.29, 1.82) is 0 Å². The van der Waals surface area contributed by atoms with Crippen LogP contribution in [0.15, 0.2) is 18.2 Å². The normalized spacial score (nSPS) is 18.4. The predicted molar refractivity (Wildman–Crippen MR) is 91.5 cm³/mol. The Morgan fingerprint density at radius 2 is 1.88 bits per heavy atom. The van der Waals surface area contributed by atoms with Gasteiger partial charge in [0.15, 0.2) is 0 Å². The summed E-state index contributed by atoms with van der Waals surface area (Å²) in [6.07, 6.45) is 0.845. The van der Waals surface area contributed by atoms with Crippen LogP contribution >= 0.6 is 0 Å². The monoisotopic (exact) mass is 337 g/mol. The molecule has 0 spiro atoms. The third-order valence-electron chi connectivity index (χ3n) is 3.63. The topological polar surface area (TPSA) is 50.9 Å². The SMILES string of the molecule is CC(C)Cc1cc(F)cc(C[C@H](NC(=O)OC(C)(C)C)[C@H]2CO2)c1. The molecule has 1 fully saturated rings. The minimum atomic E-state index is -0.553. The second-order valence-corrected chi connectivity index (χ2v) is 7.89. The molecule has 4 nitrogen and oxygen atoms in total. The Morgan fingerprint density at radius 1 is 1.29 bits per heavy atom. The van der Waals surface area contributed by atoms with E-state index in [4.69, 9.17) is 9.47 Å². The average Bonchev–Trinajstić information content (AvgIpc) is 3.17. The van der Waals surface area contributed by atoms with Crippen LogP contribution in [0.1, 0.15) is 45.7 Å². The van der Waals surface area contributed by atoms with Crippen LogP contribution in [0, 0.1) is 11.7 Å². The molecule has 1 aromatic carbocycles. The fourth-order valence-electron chi connectivity index (χ4n) is 2.70. The second kappa shape index (κ2) is 7.51. The van der Waals surface area contributed by atoms with Crippen molar-refractivity contribution in [2.45, 2.75) is 65.2 Å². The van der Waals surface area contributed by atoms with Crippen molar-refractivity contribution >= 4 is 6.09 Å². The van der Waals surface area contributed by atoms with Gasteiger partial charge in [-0.1, -0.05) is 19.9 Å². The average molecular weight is 337 g/mol. The molecule has 0 radical (unpaired) electrons. The van der Waals surface area contributed by atoms with Crippen LogP contribution in [-0.2, 0) is 22.3 Å². The van der Waals surface area contributed by atoms with Gasteiger partial charge >= 0.3 is 6.09 Å². The highest BCUT2D eigenvalue weighted by atomic mass is 19.1. The van der Waals surface area contributed by atoms with Gasteiger partial charge in [-0.15, -0.1) is 0 Å². The zero-order valence-corrected chi connectivity index (χ0v) is 15.2. The number of hydrogen-bond donors (Lipinski definition) is 1. The lowest BCUT2D eigenvalue weighted by Gasteiger charge is -2.23. The fourth-order valence-corrected chi connectivity index (χ4v) is 2.70. The number of epoxide rings is 1. The molecule has 0 bridgehead atoms. The first-order valence-corrected chi connectivity index (χ1v) is 8.52. The Kier molecular flexibility index (Phi) is 5.86. The van der Waals surface area contributed by atoms with Crippen LogP contribution in [0.5, 0.6) is 0 Å². The van der Waals surface area contributed by atoms with Crippen LogP contribution in [0.4, 0.5) is 9.18 Å². The molecule has 1 aromatic rings.